The van der Waals surface area contributed by atoms with Crippen LogP contribution in [0.1, 0.15) is 44.3 Å². The number of hydrogen-bond acceptors (Lipinski definition) is 5. The number of anilines is 1. The van der Waals surface area contributed by atoms with Gasteiger partial charge in [0.25, 0.3) is 5.91 Å². The summed E-state index contributed by atoms with van der Waals surface area (Å²) in [5.41, 5.74) is 2.69. The van der Waals surface area contributed by atoms with Crippen LogP contribution in [-0.2, 0) is 0 Å². The minimum Gasteiger partial charge on any atom is -0.377 e. The van der Waals surface area contributed by atoms with Crippen molar-refractivity contribution < 1.29 is 4.79 Å². The van der Waals surface area contributed by atoms with Crippen molar-refractivity contribution in [2.75, 3.05) is 19.0 Å². The van der Waals surface area contributed by atoms with E-state index in [9.17, 15) is 4.79 Å². The Balaban J connectivity index is 0.00000171. The van der Waals surface area contributed by atoms with Gasteiger partial charge in [-0.15, -0.1) is 24.2 Å². The number of thiophene rings is 1. The highest BCUT2D eigenvalue weighted by atomic mass is 32.1. The van der Waals surface area contributed by atoms with Crippen molar-refractivity contribution in [3.8, 4) is 12.8 Å². The molecule has 0 aliphatic heterocycles. The van der Waals surface area contributed by atoms with Crippen LogP contribution >= 0.6 is 11.3 Å². The minimum atomic E-state index is -0.216. The molecular formula is C22H30N4OS. The molecule has 5 nitrogen and oxygen atoms in total. The van der Waals surface area contributed by atoms with Crippen LogP contribution in [0.5, 0.6) is 0 Å². The van der Waals surface area contributed by atoms with Gasteiger partial charge in [0.05, 0.1) is 11.2 Å². The Morgan fingerprint density at radius 1 is 1.21 bits per heavy atom. The smallest absolute Gasteiger partial charge is 0.273 e. The SMILES string of the molecule is C#C.C/C=C(C)\C(=C/C)N(C=N)C(=O)c1cc2c(N(C)C)ccnc2s1.CC. The van der Waals surface area contributed by atoms with Gasteiger partial charge in [-0.2, -0.15) is 0 Å². The predicted octanol–water partition coefficient (Wildman–Crippen LogP) is 5.56. The number of aromatic nitrogens is 1. The summed E-state index contributed by atoms with van der Waals surface area (Å²) in [7, 11) is 3.93. The first-order chi connectivity index (χ1) is 13.4. The van der Waals surface area contributed by atoms with Crippen molar-refractivity contribution in [2.45, 2.75) is 34.6 Å². The van der Waals surface area contributed by atoms with E-state index in [4.69, 9.17) is 5.41 Å². The molecule has 0 fully saturated rings. The second-order valence-corrected chi connectivity index (χ2v) is 6.53. The molecule has 0 saturated heterocycles. The molecule has 150 valence electrons. The lowest BCUT2D eigenvalue weighted by molar-refractivity contribution is 0.0887. The Labute approximate surface area is 172 Å². The van der Waals surface area contributed by atoms with Crippen molar-refractivity contribution in [3.05, 3.63) is 46.6 Å². The number of pyridine rings is 1. The number of amides is 1. The zero-order valence-electron chi connectivity index (χ0n) is 17.8. The summed E-state index contributed by atoms with van der Waals surface area (Å²) >= 11 is 1.35. The summed E-state index contributed by atoms with van der Waals surface area (Å²) in [5.74, 6) is -0.216. The fourth-order valence-corrected chi connectivity index (χ4v) is 3.44. The fraction of sp³-hybridized carbons (Fsp3) is 0.318. The molecule has 0 aliphatic rings. The number of nitrogens with one attached hydrogen (secondary N) is 1. The summed E-state index contributed by atoms with van der Waals surface area (Å²) in [6.45, 7) is 9.70. The van der Waals surface area contributed by atoms with Crippen LogP contribution in [0.15, 0.2) is 41.8 Å². The summed E-state index contributed by atoms with van der Waals surface area (Å²) in [6, 6.07) is 3.79. The second-order valence-electron chi connectivity index (χ2n) is 5.50. The molecule has 2 aromatic heterocycles. The van der Waals surface area contributed by atoms with E-state index in [0.29, 0.717) is 4.88 Å². The maximum absolute atomic E-state index is 12.9. The minimum absolute atomic E-state index is 0.216. The van der Waals surface area contributed by atoms with Gasteiger partial charge in [0.1, 0.15) is 4.83 Å². The number of carbonyl (C=O) groups is 1. The Kier molecular flexibility index (Phi) is 11.2. The van der Waals surface area contributed by atoms with Crippen molar-refractivity contribution in [1.82, 2.24) is 9.88 Å². The molecule has 0 aliphatic carbocycles. The highest BCUT2D eigenvalue weighted by molar-refractivity contribution is 7.20. The number of hydrogen-bond donors (Lipinski definition) is 1. The second kappa shape index (κ2) is 12.5. The molecule has 0 spiro atoms. The van der Waals surface area contributed by atoms with Gasteiger partial charge in [0, 0.05) is 37.1 Å². The van der Waals surface area contributed by atoms with Crippen LogP contribution in [0, 0.1) is 18.3 Å². The van der Waals surface area contributed by atoms with E-state index >= 15 is 0 Å². The third-order valence-corrected chi connectivity index (χ3v) is 4.85. The Morgan fingerprint density at radius 3 is 2.29 bits per heavy atom. The van der Waals surface area contributed by atoms with E-state index < -0.39 is 0 Å². The van der Waals surface area contributed by atoms with Crippen molar-refractivity contribution in [3.63, 3.8) is 0 Å². The highest BCUT2D eigenvalue weighted by Crippen LogP contribution is 2.32. The molecule has 28 heavy (non-hydrogen) atoms. The number of carbonyl (C=O) groups excluding carboxylic acids is 1. The molecule has 2 heterocycles. The van der Waals surface area contributed by atoms with Crippen LogP contribution in [0.4, 0.5) is 5.69 Å². The molecule has 2 aromatic rings. The molecule has 0 unspecified atom stereocenters. The first-order valence-corrected chi connectivity index (χ1v) is 9.79. The molecule has 0 saturated carbocycles. The summed E-state index contributed by atoms with van der Waals surface area (Å²) in [5, 5.41) is 8.63. The number of rotatable bonds is 5. The quantitative estimate of drug-likeness (QED) is 0.310. The Morgan fingerprint density at radius 2 is 1.82 bits per heavy atom. The van der Waals surface area contributed by atoms with E-state index in [1.165, 1.54) is 16.2 Å². The maximum Gasteiger partial charge on any atom is 0.273 e. The van der Waals surface area contributed by atoms with Crippen molar-refractivity contribution >= 4 is 39.5 Å². The molecule has 0 bridgehead atoms. The number of fused-ring (bicyclic) bond motifs is 1. The number of nitrogens with zero attached hydrogens (tertiary/aromatic N) is 3. The Hall–Kier alpha value is -2.91. The third kappa shape index (κ3) is 5.54. The molecule has 0 atom stereocenters. The van der Waals surface area contributed by atoms with Gasteiger partial charge in [-0.05, 0) is 38.5 Å². The van der Waals surface area contributed by atoms with Crippen LogP contribution in [0.25, 0.3) is 10.2 Å². The molecule has 6 heteroatoms. The van der Waals surface area contributed by atoms with Crippen LogP contribution in [-0.4, -0.2) is 36.2 Å². The van der Waals surface area contributed by atoms with Gasteiger partial charge < -0.3 is 4.90 Å². The molecule has 2 rings (SSSR count). The van der Waals surface area contributed by atoms with Crippen molar-refractivity contribution in [1.29, 1.82) is 5.41 Å². The largest absolute Gasteiger partial charge is 0.377 e. The summed E-state index contributed by atoms with van der Waals surface area (Å²) in [6.07, 6.45) is 14.6. The predicted molar refractivity (Wildman–Crippen MR) is 123 cm³/mol. The van der Waals surface area contributed by atoms with Crippen LogP contribution < -0.4 is 4.90 Å². The van der Waals surface area contributed by atoms with Gasteiger partial charge in [-0.1, -0.05) is 26.0 Å². The van der Waals surface area contributed by atoms with E-state index in [2.05, 4.69) is 17.8 Å². The van der Waals surface area contributed by atoms with Gasteiger partial charge in [0.2, 0.25) is 0 Å². The van der Waals surface area contributed by atoms with Crippen molar-refractivity contribution in [2.24, 2.45) is 0 Å². The van der Waals surface area contributed by atoms with E-state index in [1.807, 2.05) is 77.9 Å². The van der Waals surface area contributed by atoms with Gasteiger partial charge in [0.15, 0.2) is 0 Å². The lowest BCUT2D eigenvalue weighted by Crippen LogP contribution is -2.28. The number of allylic oxidation sites excluding steroid dienone is 3. The van der Waals surface area contributed by atoms with Gasteiger partial charge in [-0.25, -0.2) is 4.98 Å². The first-order valence-electron chi connectivity index (χ1n) is 8.97. The standard InChI is InChI=1S/C18H22N4OS.C2H6.C2H2/c1-6-12(3)14(7-2)22(11-19)18(23)16-10-13-15(21(4)5)8-9-20-17(13)24-16;2*1-2/h6-11,19H,1-5H3;1-2H3;1-2H/b12-6-,14-7+,19-11?;;. The number of terminal acetylenes is 1. The molecular weight excluding hydrogens is 368 g/mol. The van der Waals surface area contributed by atoms with Crippen LogP contribution in [0.3, 0.4) is 0 Å². The highest BCUT2D eigenvalue weighted by Gasteiger charge is 2.21. The summed E-state index contributed by atoms with van der Waals surface area (Å²) in [4.78, 5) is 22.0. The van der Waals surface area contributed by atoms with E-state index in [1.54, 1.807) is 6.20 Å². The molecule has 1 amide bonds. The third-order valence-electron chi connectivity index (χ3n) is 3.82. The lowest BCUT2D eigenvalue weighted by Gasteiger charge is -2.20. The fourth-order valence-electron chi connectivity index (χ4n) is 2.48. The first kappa shape index (κ1) is 25.1. The topological polar surface area (TPSA) is 60.3 Å². The van der Waals surface area contributed by atoms with E-state index in [-0.39, 0.29) is 5.91 Å². The molecule has 0 radical (unpaired) electrons. The maximum atomic E-state index is 12.9. The average molecular weight is 399 g/mol. The average Bonchev–Trinajstić information content (AvgIpc) is 3.18. The summed E-state index contributed by atoms with van der Waals surface area (Å²) < 4.78 is 0. The zero-order valence-corrected chi connectivity index (χ0v) is 18.6. The van der Waals surface area contributed by atoms with Gasteiger partial charge >= 0.3 is 0 Å². The lowest BCUT2D eigenvalue weighted by atomic mass is 10.1. The molecule has 0 aromatic carbocycles. The van der Waals surface area contributed by atoms with E-state index in [0.717, 1.165) is 33.5 Å². The Bertz CT molecular complexity index is 875. The van der Waals surface area contributed by atoms with Crippen LogP contribution in [0.2, 0.25) is 0 Å². The van der Waals surface area contributed by atoms with Gasteiger partial charge in [-0.3, -0.25) is 15.1 Å². The zero-order chi connectivity index (χ0) is 21.9. The normalized spacial score (nSPS) is 10.9. The molecule has 1 N–H and O–H groups in total. The monoisotopic (exact) mass is 398 g/mol.